The van der Waals surface area contributed by atoms with Gasteiger partial charge in [0.2, 0.25) is 5.91 Å². The third-order valence-electron chi connectivity index (χ3n) is 5.04. The van der Waals surface area contributed by atoms with Crippen LogP contribution in [0.4, 0.5) is 0 Å². The van der Waals surface area contributed by atoms with Crippen LogP contribution in [0.5, 0.6) is 0 Å². The molecule has 1 aromatic rings. The van der Waals surface area contributed by atoms with Crippen molar-refractivity contribution in [2.45, 2.75) is 77.7 Å². The molecule has 0 spiro atoms. The van der Waals surface area contributed by atoms with E-state index in [-0.39, 0.29) is 11.8 Å². The molecule has 190 valence electrons. The van der Waals surface area contributed by atoms with E-state index in [9.17, 15) is 9.59 Å². The molecule has 2 amide bonds. The number of hydrogen-bond acceptors (Lipinski definition) is 3. The fraction of sp³-hybridized carbons (Fsp3) is 0.433. The Morgan fingerprint density at radius 3 is 2.00 bits per heavy atom. The van der Waals surface area contributed by atoms with Crippen molar-refractivity contribution in [2.75, 3.05) is 6.54 Å². The van der Waals surface area contributed by atoms with Crippen LogP contribution >= 0.6 is 0 Å². The van der Waals surface area contributed by atoms with Crippen LogP contribution in [-0.2, 0) is 4.79 Å². The Morgan fingerprint density at radius 1 is 0.886 bits per heavy atom. The number of unbranched alkanes of at least 4 members (excludes halogenated alkanes) is 1. The summed E-state index contributed by atoms with van der Waals surface area (Å²) in [7, 11) is 0. The molecule has 0 saturated heterocycles. The van der Waals surface area contributed by atoms with Crippen molar-refractivity contribution in [1.29, 1.82) is 0 Å². The van der Waals surface area contributed by atoms with Gasteiger partial charge in [-0.3, -0.25) is 14.6 Å². The molecule has 0 aliphatic heterocycles. The quantitative estimate of drug-likeness (QED) is 0.195. The maximum Gasteiger partial charge on any atom is 0.253 e. The lowest BCUT2D eigenvalue weighted by Crippen LogP contribution is -2.51. The van der Waals surface area contributed by atoms with Gasteiger partial charge < -0.3 is 10.6 Å². The van der Waals surface area contributed by atoms with Gasteiger partial charge in [-0.2, -0.15) is 0 Å². The molecule has 1 heterocycles. The second kappa shape index (κ2) is 19.1. The number of rotatable bonds is 17. The number of hydrogen-bond donors (Lipinski definition) is 2. The Hall–Kier alpha value is -3.21. The monoisotopic (exact) mass is 477 g/mol. The summed E-state index contributed by atoms with van der Waals surface area (Å²) in [6, 6.07) is 3.44. The number of nitrogens with zero attached hydrogens (tertiary/aromatic N) is 1. The van der Waals surface area contributed by atoms with Gasteiger partial charge in [0, 0.05) is 25.4 Å². The van der Waals surface area contributed by atoms with Crippen molar-refractivity contribution in [3.05, 3.63) is 90.9 Å². The smallest absolute Gasteiger partial charge is 0.253 e. The third-order valence-corrected chi connectivity index (χ3v) is 5.04. The van der Waals surface area contributed by atoms with E-state index < -0.39 is 5.54 Å². The molecule has 0 atom stereocenters. The van der Waals surface area contributed by atoms with E-state index in [1.54, 1.807) is 18.3 Å². The highest BCUT2D eigenvalue weighted by Crippen LogP contribution is 2.05. The van der Waals surface area contributed by atoms with Gasteiger partial charge in [-0.05, 0) is 70.9 Å². The highest BCUT2D eigenvalue weighted by molar-refractivity contribution is 5.94. The van der Waals surface area contributed by atoms with Crippen molar-refractivity contribution in [3.63, 3.8) is 0 Å². The zero-order chi connectivity index (χ0) is 25.6. The summed E-state index contributed by atoms with van der Waals surface area (Å²) in [5.41, 5.74) is -0.0454. The van der Waals surface area contributed by atoms with Crippen LogP contribution in [0.1, 0.15) is 82.5 Å². The van der Waals surface area contributed by atoms with Crippen molar-refractivity contribution in [3.8, 4) is 0 Å². The predicted octanol–water partition coefficient (Wildman–Crippen LogP) is 6.63. The molecule has 0 saturated carbocycles. The molecule has 5 heteroatoms. The van der Waals surface area contributed by atoms with Crippen LogP contribution in [0.3, 0.4) is 0 Å². The van der Waals surface area contributed by atoms with Gasteiger partial charge >= 0.3 is 0 Å². The molecule has 0 radical (unpaired) electrons. The second-order valence-corrected chi connectivity index (χ2v) is 8.96. The summed E-state index contributed by atoms with van der Waals surface area (Å²) in [4.78, 5) is 28.3. The minimum absolute atomic E-state index is 0.000976. The Morgan fingerprint density at radius 2 is 1.46 bits per heavy atom. The lowest BCUT2D eigenvalue weighted by Gasteiger charge is -2.26. The molecule has 0 aliphatic carbocycles. The molecule has 5 nitrogen and oxygen atoms in total. The first-order valence-electron chi connectivity index (χ1n) is 12.7. The molecular weight excluding hydrogens is 434 g/mol. The molecule has 1 rings (SSSR count). The van der Waals surface area contributed by atoms with Crippen LogP contribution in [0.2, 0.25) is 0 Å². The summed E-state index contributed by atoms with van der Waals surface area (Å²) in [6.45, 7) is 6.29. The van der Waals surface area contributed by atoms with Gasteiger partial charge in [-0.15, -0.1) is 0 Å². The minimum Gasteiger partial charge on any atom is -0.354 e. The van der Waals surface area contributed by atoms with Crippen molar-refractivity contribution < 1.29 is 9.59 Å². The normalized spacial score (nSPS) is 12.5. The second-order valence-electron chi connectivity index (χ2n) is 8.96. The summed E-state index contributed by atoms with van der Waals surface area (Å²) in [6.07, 6.45) is 32.1. The Kier molecular flexibility index (Phi) is 16.3. The lowest BCUT2D eigenvalue weighted by molar-refractivity contribution is -0.121. The van der Waals surface area contributed by atoms with E-state index in [2.05, 4.69) is 83.3 Å². The largest absolute Gasteiger partial charge is 0.354 e. The van der Waals surface area contributed by atoms with E-state index in [4.69, 9.17) is 0 Å². The summed E-state index contributed by atoms with van der Waals surface area (Å²) in [5.74, 6) is -0.197. The first-order chi connectivity index (χ1) is 16.9. The van der Waals surface area contributed by atoms with E-state index in [0.717, 1.165) is 44.9 Å². The number of pyridine rings is 1. The maximum atomic E-state index is 12.3. The number of allylic oxidation sites excluding steroid dienone is 10. The third kappa shape index (κ3) is 17.0. The highest BCUT2D eigenvalue weighted by atomic mass is 16.2. The SMILES string of the molecule is CCC=CCC=CCC=CCC=CCC=CCCCC(=O)NCC(C)(C)NC(=O)c1cccnc1. The van der Waals surface area contributed by atoms with Gasteiger partial charge in [-0.25, -0.2) is 0 Å². The van der Waals surface area contributed by atoms with Crippen LogP contribution < -0.4 is 10.6 Å². The van der Waals surface area contributed by atoms with E-state index in [1.807, 2.05) is 13.8 Å². The number of amides is 2. The fourth-order valence-corrected chi connectivity index (χ4v) is 3.08. The zero-order valence-electron chi connectivity index (χ0n) is 21.7. The predicted molar refractivity (Wildman–Crippen MR) is 147 cm³/mol. The molecule has 0 aromatic carbocycles. The molecule has 35 heavy (non-hydrogen) atoms. The summed E-state index contributed by atoms with van der Waals surface area (Å²) >= 11 is 0. The average molecular weight is 478 g/mol. The molecule has 2 N–H and O–H groups in total. The standard InChI is InChI=1S/C30H43N3O2/c1-4-5-6-7-8-9-10-11-12-13-14-15-16-17-18-19-20-23-28(34)32-26-30(2,3)33-29(35)27-22-21-24-31-25-27/h5-6,8-9,11-12,14-15,17-18,21-22,24-25H,4,7,10,13,16,19-20,23,26H2,1-3H3,(H,32,34)(H,33,35). The molecule has 1 aromatic heterocycles. The molecule has 0 aliphatic rings. The van der Waals surface area contributed by atoms with E-state index in [0.29, 0.717) is 18.5 Å². The van der Waals surface area contributed by atoms with Crippen LogP contribution in [0.15, 0.2) is 85.3 Å². The first-order valence-corrected chi connectivity index (χ1v) is 12.7. The molecule has 0 unspecified atom stereocenters. The van der Waals surface area contributed by atoms with Gasteiger partial charge in [0.15, 0.2) is 0 Å². The van der Waals surface area contributed by atoms with Crippen molar-refractivity contribution in [2.24, 2.45) is 0 Å². The molecular formula is C30H43N3O2. The minimum atomic E-state index is -0.549. The maximum absolute atomic E-state index is 12.3. The average Bonchev–Trinajstić information content (AvgIpc) is 2.85. The van der Waals surface area contributed by atoms with Gasteiger partial charge in [0.05, 0.1) is 11.1 Å². The number of aromatic nitrogens is 1. The van der Waals surface area contributed by atoms with Gasteiger partial charge in [0.1, 0.15) is 0 Å². The van der Waals surface area contributed by atoms with Gasteiger partial charge in [0.25, 0.3) is 5.91 Å². The van der Waals surface area contributed by atoms with Crippen LogP contribution in [-0.4, -0.2) is 28.9 Å². The molecule has 0 bridgehead atoms. The van der Waals surface area contributed by atoms with Gasteiger partial charge in [-0.1, -0.05) is 67.7 Å². The highest BCUT2D eigenvalue weighted by Gasteiger charge is 2.21. The zero-order valence-corrected chi connectivity index (χ0v) is 21.7. The first kappa shape index (κ1) is 29.8. The van der Waals surface area contributed by atoms with Crippen LogP contribution in [0.25, 0.3) is 0 Å². The van der Waals surface area contributed by atoms with E-state index >= 15 is 0 Å². The van der Waals surface area contributed by atoms with Crippen molar-refractivity contribution >= 4 is 11.8 Å². The number of carbonyl (C=O) groups excluding carboxylic acids is 2. The summed E-state index contributed by atoms with van der Waals surface area (Å²) < 4.78 is 0. The number of carbonyl (C=O) groups is 2. The van der Waals surface area contributed by atoms with E-state index in [1.165, 1.54) is 6.20 Å². The molecule has 0 fully saturated rings. The Labute approximate surface area is 212 Å². The van der Waals surface area contributed by atoms with Crippen LogP contribution in [0, 0.1) is 0 Å². The summed E-state index contributed by atoms with van der Waals surface area (Å²) in [5, 5.41) is 5.85. The fourth-order valence-electron chi connectivity index (χ4n) is 3.08. The Balaban J connectivity index is 2.08. The Bertz CT molecular complexity index is 865. The topological polar surface area (TPSA) is 71.1 Å². The number of nitrogens with one attached hydrogen (secondary N) is 2. The van der Waals surface area contributed by atoms with Crippen molar-refractivity contribution in [1.82, 2.24) is 15.6 Å². The lowest BCUT2D eigenvalue weighted by atomic mass is 10.0.